The number of ether oxygens (including phenoxy) is 1. The maximum atomic E-state index is 5.66. The lowest BCUT2D eigenvalue weighted by atomic mass is 10.3. The third-order valence-corrected chi connectivity index (χ3v) is 3.27. The second-order valence-corrected chi connectivity index (χ2v) is 4.82. The molecule has 0 saturated heterocycles. The number of rotatable bonds is 6. The fourth-order valence-electron chi connectivity index (χ4n) is 2.18. The zero-order chi connectivity index (χ0) is 14.5. The summed E-state index contributed by atoms with van der Waals surface area (Å²) < 4.78 is 7.64. The summed E-state index contributed by atoms with van der Waals surface area (Å²) >= 11 is 0. The van der Waals surface area contributed by atoms with Crippen LogP contribution in [0.2, 0.25) is 0 Å². The molecule has 0 amide bonds. The van der Waals surface area contributed by atoms with Crippen molar-refractivity contribution in [3.05, 3.63) is 48.9 Å². The van der Waals surface area contributed by atoms with Gasteiger partial charge in [-0.3, -0.25) is 0 Å². The SMILES string of the molecule is Cn1cnc2c(NCCCOc3ccccc3)nccc21. The van der Waals surface area contributed by atoms with E-state index in [1.165, 1.54) is 0 Å². The molecule has 0 saturated carbocycles. The summed E-state index contributed by atoms with van der Waals surface area (Å²) in [5.41, 5.74) is 1.98. The van der Waals surface area contributed by atoms with Gasteiger partial charge in [-0.25, -0.2) is 9.97 Å². The number of nitrogens with zero attached hydrogens (tertiary/aromatic N) is 3. The van der Waals surface area contributed by atoms with E-state index in [2.05, 4.69) is 15.3 Å². The van der Waals surface area contributed by atoms with Crippen LogP contribution in [0.4, 0.5) is 5.82 Å². The Labute approximate surface area is 123 Å². The van der Waals surface area contributed by atoms with Crippen molar-refractivity contribution in [1.29, 1.82) is 0 Å². The Balaban J connectivity index is 1.51. The topological polar surface area (TPSA) is 52.0 Å². The van der Waals surface area contributed by atoms with Crippen molar-refractivity contribution < 1.29 is 4.74 Å². The number of nitrogens with one attached hydrogen (secondary N) is 1. The third-order valence-electron chi connectivity index (χ3n) is 3.27. The molecule has 0 radical (unpaired) electrons. The molecule has 2 aromatic heterocycles. The van der Waals surface area contributed by atoms with Crippen LogP contribution in [0.15, 0.2) is 48.9 Å². The summed E-state index contributed by atoms with van der Waals surface area (Å²) in [6.45, 7) is 1.48. The molecule has 108 valence electrons. The number of imidazole rings is 1. The molecule has 0 aliphatic rings. The first kappa shape index (κ1) is 13.4. The van der Waals surface area contributed by atoms with E-state index in [9.17, 15) is 0 Å². The molecule has 21 heavy (non-hydrogen) atoms. The highest BCUT2D eigenvalue weighted by Gasteiger charge is 2.05. The molecule has 0 unspecified atom stereocenters. The van der Waals surface area contributed by atoms with Crippen LogP contribution in [-0.2, 0) is 7.05 Å². The fourth-order valence-corrected chi connectivity index (χ4v) is 2.18. The van der Waals surface area contributed by atoms with E-state index in [1.807, 2.05) is 48.0 Å². The summed E-state index contributed by atoms with van der Waals surface area (Å²) in [6, 6.07) is 11.8. The van der Waals surface area contributed by atoms with Crippen LogP contribution in [0.5, 0.6) is 5.75 Å². The molecule has 3 aromatic rings. The first-order valence-electron chi connectivity index (χ1n) is 7.02. The average Bonchev–Trinajstić information content (AvgIpc) is 2.90. The molecule has 0 bridgehead atoms. The van der Waals surface area contributed by atoms with Gasteiger partial charge in [0.1, 0.15) is 11.3 Å². The van der Waals surface area contributed by atoms with E-state index in [0.717, 1.165) is 35.6 Å². The van der Waals surface area contributed by atoms with E-state index in [-0.39, 0.29) is 0 Å². The molecule has 5 heteroatoms. The molecule has 2 heterocycles. The zero-order valence-electron chi connectivity index (χ0n) is 12.0. The molecule has 3 rings (SSSR count). The minimum atomic E-state index is 0.676. The smallest absolute Gasteiger partial charge is 0.154 e. The zero-order valence-corrected chi connectivity index (χ0v) is 12.0. The van der Waals surface area contributed by atoms with Crippen molar-refractivity contribution in [3.63, 3.8) is 0 Å². The predicted octanol–water partition coefficient (Wildman–Crippen LogP) is 2.85. The van der Waals surface area contributed by atoms with Gasteiger partial charge in [0.25, 0.3) is 0 Å². The van der Waals surface area contributed by atoms with Crippen molar-refractivity contribution in [1.82, 2.24) is 14.5 Å². The van der Waals surface area contributed by atoms with Crippen LogP contribution in [0.3, 0.4) is 0 Å². The monoisotopic (exact) mass is 282 g/mol. The maximum Gasteiger partial charge on any atom is 0.154 e. The first-order chi connectivity index (χ1) is 10.3. The van der Waals surface area contributed by atoms with Gasteiger partial charge in [0, 0.05) is 19.8 Å². The number of anilines is 1. The lowest BCUT2D eigenvalue weighted by molar-refractivity contribution is 0.315. The van der Waals surface area contributed by atoms with E-state index in [4.69, 9.17) is 4.74 Å². The van der Waals surface area contributed by atoms with Crippen molar-refractivity contribution in [2.45, 2.75) is 6.42 Å². The Kier molecular flexibility index (Phi) is 4.00. The number of hydrogen-bond donors (Lipinski definition) is 1. The van der Waals surface area contributed by atoms with E-state index in [1.54, 1.807) is 12.5 Å². The Bertz CT molecular complexity index is 709. The Morgan fingerprint density at radius 2 is 2.00 bits per heavy atom. The summed E-state index contributed by atoms with van der Waals surface area (Å²) in [5.74, 6) is 1.73. The first-order valence-corrected chi connectivity index (χ1v) is 7.02. The minimum absolute atomic E-state index is 0.676. The number of aromatic nitrogens is 3. The molecule has 0 fully saturated rings. The molecule has 0 aliphatic carbocycles. The third kappa shape index (κ3) is 3.13. The summed E-state index contributed by atoms with van der Waals surface area (Å²) in [5, 5.41) is 3.32. The number of pyridine rings is 1. The van der Waals surface area contributed by atoms with Crippen LogP contribution in [-0.4, -0.2) is 27.7 Å². The summed E-state index contributed by atoms with van der Waals surface area (Å²) in [7, 11) is 1.98. The molecule has 0 atom stereocenters. The molecule has 1 N–H and O–H groups in total. The average molecular weight is 282 g/mol. The minimum Gasteiger partial charge on any atom is -0.494 e. The lowest BCUT2D eigenvalue weighted by Gasteiger charge is -2.08. The molecule has 5 nitrogen and oxygen atoms in total. The number of hydrogen-bond acceptors (Lipinski definition) is 4. The van der Waals surface area contributed by atoms with Crippen molar-refractivity contribution in [2.24, 2.45) is 7.05 Å². The number of aryl methyl sites for hydroxylation is 1. The number of benzene rings is 1. The predicted molar refractivity (Wildman–Crippen MR) is 83.6 cm³/mol. The number of fused-ring (bicyclic) bond motifs is 1. The largest absolute Gasteiger partial charge is 0.494 e. The normalized spacial score (nSPS) is 10.7. The number of para-hydroxylation sites is 1. The molecule has 0 spiro atoms. The molecule has 1 aromatic carbocycles. The standard InChI is InChI=1S/C16H18N4O/c1-20-12-19-15-14(20)8-10-18-16(15)17-9-5-11-21-13-6-3-2-4-7-13/h2-4,6-8,10,12H,5,9,11H2,1H3,(H,17,18). The van der Waals surface area contributed by atoms with Crippen LogP contribution >= 0.6 is 0 Å². The van der Waals surface area contributed by atoms with Crippen LogP contribution in [0, 0.1) is 0 Å². The highest BCUT2D eigenvalue weighted by Crippen LogP contribution is 2.18. The van der Waals surface area contributed by atoms with Gasteiger partial charge in [-0.1, -0.05) is 18.2 Å². The van der Waals surface area contributed by atoms with Crippen molar-refractivity contribution >= 4 is 16.9 Å². The molecular formula is C16H18N4O. The highest BCUT2D eigenvalue weighted by atomic mass is 16.5. The van der Waals surface area contributed by atoms with Gasteiger partial charge in [-0.15, -0.1) is 0 Å². The fraction of sp³-hybridized carbons (Fsp3) is 0.250. The summed E-state index contributed by atoms with van der Waals surface area (Å²) in [4.78, 5) is 8.72. The van der Waals surface area contributed by atoms with E-state index >= 15 is 0 Å². The Hall–Kier alpha value is -2.56. The van der Waals surface area contributed by atoms with Crippen LogP contribution < -0.4 is 10.1 Å². The van der Waals surface area contributed by atoms with Crippen LogP contribution in [0.25, 0.3) is 11.0 Å². The van der Waals surface area contributed by atoms with E-state index < -0.39 is 0 Å². The van der Waals surface area contributed by atoms with E-state index in [0.29, 0.717) is 6.61 Å². The Morgan fingerprint density at radius 3 is 2.86 bits per heavy atom. The van der Waals surface area contributed by atoms with Crippen LogP contribution in [0.1, 0.15) is 6.42 Å². The van der Waals surface area contributed by atoms with Gasteiger partial charge in [-0.05, 0) is 24.6 Å². The van der Waals surface area contributed by atoms with Crippen molar-refractivity contribution in [3.8, 4) is 5.75 Å². The van der Waals surface area contributed by atoms with Gasteiger partial charge in [0.05, 0.1) is 18.5 Å². The lowest BCUT2D eigenvalue weighted by Crippen LogP contribution is -2.08. The van der Waals surface area contributed by atoms with Gasteiger partial charge in [0.15, 0.2) is 5.82 Å². The maximum absolute atomic E-state index is 5.66. The van der Waals surface area contributed by atoms with Gasteiger partial charge < -0.3 is 14.6 Å². The molecule has 0 aliphatic heterocycles. The quantitative estimate of drug-likeness (QED) is 0.706. The molecular weight excluding hydrogens is 264 g/mol. The second-order valence-electron chi connectivity index (χ2n) is 4.82. The Morgan fingerprint density at radius 1 is 1.14 bits per heavy atom. The highest BCUT2D eigenvalue weighted by molar-refractivity contribution is 5.85. The van der Waals surface area contributed by atoms with Gasteiger partial charge in [-0.2, -0.15) is 0 Å². The second kappa shape index (κ2) is 6.26. The summed E-state index contributed by atoms with van der Waals surface area (Å²) in [6.07, 6.45) is 4.50. The van der Waals surface area contributed by atoms with Crippen molar-refractivity contribution in [2.75, 3.05) is 18.5 Å². The van der Waals surface area contributed by atoms with Gasteiger partial charge >= 0.3 is 0 Å². The van der Waals surface area contributed by atoms with Gasteiger partial charge in [0.2, 0.25) is 0 Å².